The van der Waals surface area contributed by atoms with Crippen molar-refractivity contribution < 1.29 is 19.2 Å². The lowest BCUT2D eigenvalue weighted by Crippen LogP contribution is -2.70. The Hall–Kier alpha value is -2.38. The molecule has 2 fully saturated rings. The molecule has 2 atom stereocenters. The van der Waals surface area contributed by atoms with Crippen molar-refractivity contribution in [2.75, 3.05) is 6.54 Å². The number of rotatable bonds is 28. The molecule has 0 aromatic heterocycles. The van der Waals surface area contributed by atoms with Crippen molar-refractivity contribution in [3.8, 4) is 0 Å². The monoisotopic (exact) mass is 729 g/mol. The van der Waals surface area contributed by atoms with Gasteiger partial charge in [0.1, 0.15) is 11.8 Å². The highest BCUT2D eigenvalue weighted by atomic mass is 16.2. The Labute approximate surface area is 319 Å². The Kier molecular flexibility index (Phi) is 24.0. The molecular weight excluding hydrogens is 649 g/mol. The molecule has 8 heteroatoms. The molecule has 0 spiro atoms. The average molecular weight is 729 g/mol. The molecule has 0 radical (unpaired) electrons. The van der Waals surface area contributed by atoms with Crippen LogP contribution in [0, 0.1) is 5.41 Å². The van der Waals surface area contributed by atoms with Crippen LogP contribution in [0.5, 0.6) is 0 Å². The molecule has 8 nitrogen and oxygen atoms in total. The number of carbonyl (C=O) groups excluding carboxylic acids is 4. The molecule has 0 unspecified atom stereocenters. The predicted octanol–water partition coefficient (Wildman–Crippen LogP) is 10.5. The molecule has 2 rings (SSSR count). The molecule has 0 aromatic rings. The van der Waals surface area contributed by atoms with Crippen LogP contribution >= 0.6 is 0 Å². The fraction of sp³-hybridized carbons (Fsp3) is 0.864. The molecule has 52 heavy (non-hydrogen) atoms. The second kappa shape index (κ2) is 27.2. The van der Waals surface area contributed by atoms with Crippen LogP contribution in [0.3, 0.4) is 0 Å². The molecule has 2 aliphatic heterocycles. The number of hydrogen-bond acceptors (Lipinski definition) is 4. The van der Waals surface area contributed by atoms with Crippen molar-refractivity contribution in [1.82, 2.24) is 20.9 Å². The van der Waals surface area contributed by atoms with Gasteiger partial charge in [-0.15, -0.1) is 0 Å². The van der Waals surface area contributed by atoms with Crippen molar-refractivity contribution in [2.45, 2.75) is 232 Å². The van der Waals surface area contributed by atoms with E-state index in [0.29, 0.717) is 38.6 Å². The van der Waals surface area contributed by atoms with Gasteiger partial charge < -0.3 is 16.0 Å². The Morgan fingerprint density at radius 3 is 1.92 bits per heavy atom. The van der Waals surface area contributed by atoms with E-state index in [4.69, 9.17) is 0 Å². The Balaban J connectivity index is 2.01. The molecule has 3 N–H and O–H groups in total. The van der Waals surface area contributed by atoms with Crippen molar-refractivity contribution >= 4 is 23.6 Å². The number of unbranched alkanes of at least 4 members (excludes halogenated alkanes) is 18. The van der Waals surface area contributed by atoms with Crippen molar-refractivity contribution in [2.24, 2.45) is 5.41 Å². The summed E-state index contributed by atoms with van der Waals surface area (Å²) in [6, 6.07) is 0. The van der Waals surface area contributed by atoms with Gasteiger partial charge in [-0.05, 0) is 70.6 Å². The second-order valence-corrected chi connectivity index (χ2v) is 16.7. The Morgan fingerprint density at radius 1 is 0.750 bits per heavy atom. The SMILES string of the molecule is CCCCCCCC/C=C\CCCCCCCC(=O)N[C@@]1(N(C(=O)C(C)(C)CCCCCCCCCC)[C@H]2CCCCC(=O)N2)CCCNC(=O)C1. The molecule has 0 saturated carbocycles. The summed E-state index contributed by atoms with van der Waals surface area (Å²) in [4.78, 5) is 56.4. The third kappa shape index (κ3) is 18.6. The van der Waals surface area contributed by atoms with Crippen LogP contribution in [0.4, 0.5) is 0 Å². The highest BCUT2D eigenvalue weighted by molar-refractivity contribution is 5.87. The van der Waals surface area contributed by atoms with Gasteiger partial charge in [0.2, 0.25) is 23.6 Å². The van der Waals surface area contributed by atoms with Crippen LogP contribution in [0.25, 0.3) is 0 Å². The summed E-state index contributed by atoms with van der Waals surface area (Å²) in [5, 5.41) is 9.40. The average Bonchev–Trinajstić information content (AvgIpc) is 3.44. The molecule has 0 aromatic carbocycles. The van der Waals surface area contributed by atoms with Gasteiger partial charge in [-0.1, -0.05) is 143 Å². The number of nitrogens with one attached hydrogen (secondary N) is 3. The molecule has 2 saturated heterocycles. The summed E-state index contributed by atoms with van der Waals surface area (Å²) in [5.41, 5.74) is -1.89. The molecular formula is C44H80N4O4. The van der Waals surface area contributed by atoms with Gasteiger partial charge >= 0.3 is 0 Å². The van der Waals surface area contributed by atoms with Gasteiger partial charge in [-0.25, -0.2) is 0 Å². The Morgan fingerprint density at radius 2 is 1.31 bits per heavy atom. The molecule has 0 aliphatic carbocycles. The number of hydrogen-bond donors (Lipinski definition) is 3. The first-order chi connectivity index (χ1) is 25.1. The summed E-state index contributed by atoms with van der Waals surface area (Å²) in [5.74, 6) is -0.448. The van der Waals surface area contributed by atoms with E-state index in [-0.39, 0.29) is 30.0 Å². The first kappa shape index (κ1) is 45.8. The van der Waals surface area contributed by atoms with Crippen LogP contribution in [-0.4, -0.2) is 46.9 Å². The van der Waals surface area contributed by atoms with Crippen LogP contribution in [-0.2, 0) is 19.2 Å². The first-order valence-corrected chi connectivity index (χ1v) is 22.0. The summed E-state index contributed by atoms with van der Waals surface area (Å²) in [7, 11) is 0. The number of amides is 4. The highest BCUT2D eigenvalue weighted by Crippen LogP contribution is 2.36. The first-order valence-electron chi connectivity index (χ1n) is 22.0. The van der Waals surface area contributed by atoms with Crippen molar-refractivity contribution in [3.05, 3.63) is 12.2 Å². The summed E-state index contributed by atoms with van der Waals surface area (Å²) >= 11 is 0. The van der Waals surface area contributed by atoms with E-state index in [1.807, 2.05) is 13.8 Å². The minimum absolute atomic E-state index is 0.00291. The second-order valence-electron chi connectivity index (χ2n) is 16.7. The largest absolute Gasteiger partial charge is 0.356 e. The van der Waals surface area contributed by atoms with E-state index in [2.05, 4.69) is 41.9 Å². The predicted molar refractivity (Wildman–Crippen MR) is 215 cm³/mol. The standard InChI is InChI=1S/C44H80N4O4/c1-5-7-9-11-13-15-16-17-18-19-20-21-22-24-26-33-40(50)47-44(35-30-36-45-41(51)37-44)48(38-31-27-28-32-39(49)46-38)42(52)43(3,4)34-29-25-23-14-12-10-8-6-2/h17-18,38H,5-16,19-37H2,1-4H3,(H,45,51)(H,46,49)(H,47,50)/b18-17-/t38-,44+/m0/s1. The van der Waals surface area contributed by atoms with Gasteiger partial charge in [-0.2, -0.15) is 0 Å². The highest BCUT2D eigenvalue weighted by Gasteiger charge is 2.50. The number of nitrogens with zero attached hydrogens (tertiary/aromatic N) is 1. The molecule has 2 heterocycles. The van der Waals surface area contributed by atoms with Gasteiger partial charge in [0, 0.05) is 24.8 Å². The lowest BCUT2D eigenvalue weighted by molar-refractivity contribution is -0.159. The van der Waals surface area contributed by atoms with Crippen LogP contribution in [0.2, 0.25) is 0 Å². The van der Waals surface area contributed by atoms with Gasteiger partial charge in [0.25, 0.3) is 0 Å². The van der Waals surface area contributed by atoms with Crippen LogP contribution < -0.4 is 16.0 Å². The van der Waals surface area contributed by atoms with Gasteiger partial charge in [0.05, 0.1) is 6.42 Å². The van der Waals surface area contributed by atoms with E-state index < -0.39 is 17.2 Å². The van der Waals surface area contributed by atoms with Crippen LogP contribution in [0.1, 0.15) is 220 Å². The normalized spacial score (nSPS) is 19.9. The molecule has 0 bridgehead atoms. The van der Waals surface area contributed by atoms with E-state index in [0.717, 1.165) is 64.2 Å². The van der Waals surface area contributed by atoms with E-state index in [1.165, 1.54) is 89.9 Å². The van der Waals surface area contributed by atoms with E-state index in [1.54, 1.807) is 4.90 Å². The maximum absolute atomic E-state index is 14.8. The topological polar surface area (TPSA) is 108 Å². The maximum Gasteiger partial charge on any atom is 0.231 e. The minimum Gasteiger partial charge on any atom is -0.356 e. The third-order valence-corrected chi connectivity index (χ3v) is 11.3. The minimum atomic E-state index is -1.19. The zero-order valence-corrected chi connectivity index (χ0v) is 34.2. The lowest BCUT2D eigenvalue weighted by Gasteiger charge is -2.50. The zero-order chi connectivity index (χ0) is 37.9. The molecule has 4 amide bonds. The van der Waals surface area contributed by atoms with Gasteiger partial charge in [-0.3, -0.25) is 24.1 Å². The van der Waals surface area contributed by atoms with Crippen LogP contribution in [0.15, 0.2) is 12.2 Å². The fourth-order valence-electron chi connectivity index (χ4n) is 7.99. The summed E-state index contributed by atoms with van der Waals surface area (Å²) in [6.07, 6.45) is 34.0. The third-order valence-electron chi connectivity index (χ3n) is 11.3. The summed E-state index contributed by atoms with van der Waals surface area (Å²) in [6.45, 7) is 9.00. The zero-order valence-electron chi connectivity index (χ0n) is 34.2. The van der Waals surface area contributed by atoms with Gasteiger partial charge in [0.15, 0.2) is 0 Å². The number of carbonyl (C=O) groups is 4. The Bertz CT molecular complexity index is 1040. The smallest absolute Gasteiger partial charge is 0.231 e. The van der Waals surface area contributed by atoms with E-state index >= 15 is 0 Å². The fourth-order valence-corrected chi connectivity index (χ4v) is 7.99. The maximum atomic E-state index is 14.8. The quantitative estimate of drug-likeness (QED) is 0.0423. The van der Waals surface area contributed by atoms with Crippen molar-refractivity contribution in [1.29, 1.82) is 0 Å². The van der Waals surface area contributed by atoms with E-state index in [9.17, 15) is 19.2 Å². The number of allylic oxidation sites excluding steroid dienone is 2. The molecule has 300 valence electrons. The summed E-state index contributed by atoms with van der Waals surface area (Å²) < 4.78 is 0. The lowest BCUT2D eigenvalue weighted by atomic mass is 9.82. The van der Waals surface area contributed by atoms with Crippen molar-refractivity contribution in [3.63, 3.8) is 0 Å². The molecule has 2 aliphatic rings.